The normalized spacial score (nSPS) is 12.5. The molecule has 2 nitrogen and oxygen atoms in total. The van der Waals surface area contributed by atoms with E-state index >= 15 is 0 Å². The Balaban J connectivity index is 4.81. The highest BCUT2D eigenvalue weighted by atomic mass is 35.5. The molecule has 15 heavy (non-hydrogen) atoms. The molecule has 0 N–H and O–H groups in total. The van der Waals surface area contributed by atoms with E-state index in [9.17, 15) is 4.79 Å². The van der Waals surface area contributed by atoms with Crippen molar-refractivity contribution in [2.75, 3.05) is 12.9 Å². The van der Waals surface area contributed by atoms with Gasteiger partial charge in [-0.15, -0.1) is 11.8 Å². The van der Waals surface area contributed by atoms with Crippen molar-refractivity contribution in [3.63, 3.8) is 0 Å². The van der Waals surface area contributed by atoms with Gasteiger partial charge in [0, 0.05) is 9.94 Å². The van der Waals surface area contributed by atoms with E-state index in [4.69, 9.17) is 11.6 Å². The van der Waals surface area contributed by atoms with Crippen molar-refractivity contribution in [1.29, 1.82) is 0 Å². The summed E-state index contributed by atoms with van der Waals surface area (Å²) in [6.07, 6.45) is 3.50. The Morgan fingerprint density at radius 3 is 2.53 bits per heavy atom. The van der Waals surface area contributed by atoms with Crippen molar-refractivity contribution in [2.45, 2.75) is 13.8 Å². The number of ether oxygens (including phenoxy) is 1. The number of carbonyl (C=O) groups excluding carboxylic acids is 1. The number of allylic oxidation sites excluding steroid dienone is 3. The largest absolute Gasteiger partial charge is 0.465 e. The van der Waals surface area contributed by atoms with E-state index in [2.05, 4.69) is 11.3 Å². The van der Waals surface area contributed by atoms with Crippen LogP contribution in [0, 0.1) is 0 Å². The summed E-state index contributed by atoms with van der Waals surface area (Å²) in [5, 5.41) is 0.655. The fourth-order valence-electron chi connectivity index (χ4n) is 0.806. The minimum Gasteiger partial charge on any atom is -0.465 e. The third kappa shape index (κ3) is 5.70. The Hall–Kier alpha value is -0.670. The maximum absolute atomic E-state index is 11.2. The van der Waals surface area contributed by atoms with Gasteiger partial charge in [0.2, 0.25) is 0 Å². The van der Waals surface area contributed by atoms with Gasteiger partial charge in [-0.3, -0.25) is 0 Å². The van der Waals surface area contributed by atoms with Crippen LogP contribution < -0.4 is 0 Å². The third-order valence-corrected chi connectivity index (χ3v) is 2.60. The zero-order valence-electron chi connectivity index (χ0n) is 9.17. The second-order valence-corrected chi connectivity index (χ2v) is 4.59. The smallest absolute Gasteiger partial charge is 0.338 e. The molecule has 0 aromatic heterocycles. The zero-order chi connectivity index (χ0) is 11.8. The third-order valence-electron chi connectivity index (χ3n) is 1.49. The number of hydrogen-bond acceptors (Lipinski definition) is 3. The number of thioether (sulfide) groups is 1. The Bertz CT molecular complexity index is 302. The van der Waals surface area contributed by atoms with Crippen LogP contribution in [0.25, 0.3) is 0 Å². The summed E-state index contributed by atoms with van der Waals surface area (Å²) in [5.41, 5.74) is 0.360. The van der Waals surface area contributed by atoms with E-state index in [0.29, 0.717) is 10.6 Å². The summed E-state index contributed by atoms with van der Waals surface area (Å²) in [6, 6.07) is 0. The van der Waals surface area contributed by atoms with Gasteiger partial charge in [-0.05, 0) is 24.8 Å². The van der Waals surface area contributed by atoms with Crippen molar-refractivity contribution in [3.05, 3.63) is 34.2 Å². The molecule has 0 heterocycles. The molecule has 0 aliphatic rings. The van der Waals surface area contributed by atoms with Gasteiger partial charge in [0.25, 0.3) is 0 Å². The van der Waals surface area contributed by atoms with Crippen LogP contribution in [-0.4, -0.2) is 18.8 Å². The number of halogens is 1. The number of methoxy groups -OCH3 is 1. The molecule has 0 aliphatic heterocycles. The van der Waals surface area contributed by atoms with Crippen LogP contribution in [0.15, 0.2) is 34.2 Å². The molecule has 0 unspecified atom stereocenters. The van der Waals surface area contributed by atoms with Crippen molar-refractivity contribution < 1.29 is 9.53 Å². The van der Waals surface area contributed by atoms with Crippen molar-refractivity contribution in [3.8, 4) is 0 Å². The molecule has 0 saturated heterocycles. The van der Waals surface area contributed by atoms with Crippen LogP contribution in [-0.2, 0) is 9.53 Å². The van der Waals surface area contributed by atoms with Gasteiger partial charge in [-0.1, -0.05) is 25.1 Å². The van der Waals surface area contributed by atoms with Crippen molar-refractivity contribution in [2.24, 2.45) is 0 Å². The van der Waals surface area contributed by atoms with Gasteiger partial charge in [-0.25, -0.2) is 4.79 Å². The molecule has 0 rings (SSSR count). The lowest BCUT2D eigenvalue weighted by atomic mass is 10.2. The first-order chi connectivity index (χ1) is 7.02. The van der Waals surface area contributed by atoms with Gasteiger partial charge < -0.3 is 4.74 Å². The molecule has 0 spiro atoms. The van der Waals surface area contributed by atoms with Crippen LogP contribution in [0.1, 0.15) is 13.8 Å². The van der Waals surface area contributed by atoms with Gasteiger partial charge in [0.1, 0.15) is 0 Å². The monoisotopic (exact) mass is 246 g/mol. The van der Waals surface area contributed by atoms with Crippen LogP contribution in [0.2, 0.25) is 0 Å². The molecule has 0 amide bonds. The first-order valence-corrected chi connectivity index (χ1v) is 5.83. The average molecular weight is 247 g/mol. The van der Waals surface area contributed by atoms with E-state index in [1.54, 1.807) is 19.1 Å². The summed E-state index contributed by atoms with van der Waals surface area (Å²) in [7, 11) is 1.34. The van der Waals surface area contributed by atoms with E-state index in [0.717, 1.165) is 10.7 Å². The minimum absolute atomic E-state index is 0.360. The molecule has 0 saturated carbocycles. The Kier molecular flexibility index (Phi) is 7.26. The molecule has 84 valence electrons. The van der Waals surface area contributed by atoms with Crippen LogP contribution >= 0.6 is 23.4 Å². The molecule has 4 heteroatoms. The van der Waals surface area contributed by atoms with Crippen LogP contribution in [0.4, 0.5) is 0 Å². The predicted octanol–water partition coefficient (Wildman–Crippen LogP) is 3.50. The zero-order valence-corrected chi connectivity index (χ0v) is 10.7. The minimum atomic E-state index is -0.414. The Morgan fingerprint density at radius 1 is 1.53 bits per heavy atom. The SMILES string of the molecule is C=C(C(=O)OC)/C(=C\C=C(/C)Cl)SCC. The molecule has 0 atom stereocenters. The Morgan fingerprint density at radius 2 is 2.13 bits per heavy atom. The molecular formula is C11H15ClO2S. The Labute approximate surface area is 100 Å². The number of carbonyl (C=O) groups is 1. The van der Waals surface area contributed by atoms with Gasteiger partial charge >= 0.3 is 5.97 Å². The standard InChI is InChI=1S/C11H15ClO2S/c1-5-15-10(7-6-8(2)12)9(3)11(13)14-4/h6-7H,3,5H2,1-2,4H3/b8-6+,10-7+. The molecule has 0 aromatic rings. The summed E-state index contributed by atoms with van der Waals surface area (Å²) in [6.45, 7) is 7.46. The van der Waals surface area contributed by atoms with Gasteiger partial charge in [-0.2, -0.15) is 0 Å². The lowest BCUT2D eigenvalue weighted by Gasteiger charge is -2.06. The van der Waals surface area contributed by atoms with Crippen LogP contribution in [0.3, 0.4) is 0 Å². The summed E-state index contributed by atoms with van der Waals surface area (Å²) < 4.78 is 4.60. The summed E-state index contributed by atoms with van der Waals surface area (Å²) in [5.74, 6) is 0.444. The van der Waals surface area contributed by atoms with Crippen molar-refractivity contribution >= 4 is 29.3 Å². The number of hydrogen-bond donors (Lipinski definition) is 0. The predicted molar refractivity (Wildman–Crippen MR) is 67.0 cm³/mol. The molecule has 0 aliphatic carbocycles. The fraction of sp³-hybridized carbons (Fsp3) is 0.364. The molecule has 0 bridgehead atoms. The highest BCUT2D eigenvalue weighted by molar-refractivity contribution is 8.03. The highest BCUT2D eigenvalue weighted by Crippen LogP contribution is 2.24. The summed E-state index contributed by atoms with van der Waals surface area (Å²) >= 11 is 7.23. The lowest BCUT2D eigenvalue weighted by molar-refractivity contribution is -0.135. The molecule has 0 fully saturated rings. The van der Waals surface area contributed by atoms with Crippen molar-refractivity contribution in [1.82, 2.24) is 0 Å². The highest BCUT2D eigenvalue weighted by Gasteiger charge is 2.11. The topological polar surface area (TPSA) is 26.3 Å². The molecular weight excluding hydrogens is 232 g/mol. The summed E-state index contributed by atoms with van der Waals surface area (Å²) in [4.78, 5) is 12.0. The van der Waals surface area contributed by atoms with E-state index < -0.39 is 5.97 Å². The average Bonchev–Trinajstić information content (AvgIpc) is 2.21. The maximum atomic E-state index is 11.2. The van der Waals surface area contributed by atoms with E-state index in [1.165, 1.54) is 18.9 Å². The van der Waals surface area contributed by atoms with Gasteiger partial charge in [0.15, 0.2) is 0 Å². The number of rotatable bonds is 5. The quantitative estimate of drug-likeness (QED) is 0.422. The molecule has 0 radical (unpaired) electrons. The first-order valence-electron chi connectivity index (χ1n) is 4.47. The molecule has 0 aromatic carbocycles. The van der Waals surface area contributed by atoms with Gasteiger partial charge in [0.05, 0.1) is 12.7 Å². The second-order valence-electron chi connectivity index (χ2n) is 2.69. The fourth-order valence-corrected chi connectivity index (χ4v) is 1.60. The number of esters is 1. The van der Waals surface area contributed by atoms with Crippen LogP contribution in [0.5, 0.6) is 0 Å². The lowest BCUT2D eigenvalue weighted by Crippen LogP contribution is -2.04. The second kappa shape index (κ2) is 7.60. The first kappa shape index (κ1) is 14.3. The maximum Gasteiger partial charge on any atom is 0.338 e. The van der Waals surface area contributed by atoms with E-state index in [-0.39, 0.29) is 0 Å². The van der Waals surface area contributed by atoms with E-state index in [1.807, 2.05) is 6.92 Å².